The molecule has 3 rings (SSSR count). The van der Waals surface area contributed by atoms with Crippen LogP contribution in [0, 0.1) is 11.8 Å². The Morgan fingerprint density at radius 1 is 0.947 bits per heavy atom. The van der Waals surface area contributed by atoms with Gasteiger partial charge in [0.25, 0.3) is 0 Å². The first-order valence-corrected chi connectivity index (χ1v) is 8.61. The van der Waals surface area contributed by atoms with Crippen molar-refractivity contribution < 1.29 is 4.79 Å². The van der Waals surface area contributed by atoms with E-state index in [2.05, 4.69) is 4.90 Å². The van der Waals surface area contributed by atoms with Crippen molar-refractivity contribution in [3.8, 4) is 0 Å². The van der Waals surface area contributed by atoms with Gasteiger partial charge in [-0.3, -0.25) is 9.69 Å². The van der Waals surface area contributed by atoms with E-state index >= 15 is 0 Å². The quantitative estimate of drug-likeness (QED) is 0.769. The van der Waals surface area contributed by atoms with Gasteiger partial charge in [0.05, 0.1) is 0 Å². The van der Waals surface area contributed by atoms with Crippen LogP contribution in [0.4, 0.5) is 0 Å². The second-order valence-corrected chi connectivity index (χ2v) is 7.00. The second-order valence-electron chi connectivity index (χ2n) is 7.00. The molecule has 1 saturated heterocycles. The second kappa shape index (κ2) is 6.39. The van der Waals surface area contributed by atoms with Gasteiger partial charge in [0.1, 0.15) is 5.78 Å². The third-order valence-corrected chi connectivity index (χ3v) is 5.78. The van der Waals surface area contributed by atoms with Crippen molar-refractivity contribution in [2.75, 3.05) is 13.1 Å². The van der Waals surface area contributed by atoms with Gasteiger partial charge in [-0.1, -0.05) is 32.1 Å². The molecule has 3 fully saturated rings. The summed E-state index contributed by atoms with van der Waals surface area (Å²) in [4.78, 5) is 14.8. The maximum absolute atomic E-state index is 12.2. The SMILES string of the molecule is O=C1CCCCC1C1CCCN1CCC1CCCC1. The van der Waals surface area contributed by atoms with Crippen molar-refractivity contribution in [3.63, 3.8) is 0 Å². The average molecular weight is 263 g/mol. The van der Waals surface area contributed by atoms with Crippen LogP contribution in [0.1, 0.15) is 70.6 Å². The van der Waals surface area contributed by atoms with Crippen LogP contribution in [0.25, 0.3) is 0 Å². The van der Waals surface area contributed by atoms with Crippen LogP contribution >= 0.6 is 0 Å². The molecule has 0 bridgehead atoms. The minimum absolute atomic E-state index is 0.389. The van der Waals surface area contributed by atoms with Crippen molar-refractivity contribution in [2.45, 2.75) is 76.7 Å². The van der Waals surface area contributed by atoms with Crippen molar-refractivity contribution in [1.82, 2.24) is 4.90 Å². The highest BCUT2D eigenvalue weighted by Crippen LogP contribution is 2.34. The fourth-order valence-corrected chi connectivity index (χ4v) is 4.65. The molecule has 2 saturated carbocycles. The van der Waals surface area contributed by atoms with E-state index in [-0.39, 0.29) is 0 Å². The first kappa shape index (κ1) is 13.6. The van der Waals surface area contributed by atoms with Crippen LogP contribution in [-0.4, -0.2) is 29.8 Å². The van der Waals surface area contributed by atoms with Gasteiger partial charge in [0, 0.05) is 18.4 Å². The fourth-order valence-electron chi connectivity index (χ4n) is 4.65. The zero-order valence-corrected chi connectivity index (χ0v) is 12.3. The standard InChI is InChI=1S/C17H29NO/c19-17-10-4-3-8-15(17)16-9-5-12-18(16)13-11-14-6-1-2-7-14/h14-16H,1-13H2. The van der Waals surface area contributed by atoms with E-state index in [1.807, 2.05) is 0 Å². The molecule has 0 N–H and O–H groups in total. The zero-order valence-electron chi connectivity index (χ0n) is 12.3. The van der Waals surface area contributed by atoms with Gasteiger partial charge < -0.3 is 0 Å². The summed E-state index contributed by atoms with van der Waals surface area (Å²) in [5, 5.41) is 0. The topological polar surface area (TPSA) is 20.3 Å². The molecule has 2 heteroatoms. The van der Waals surface area contributed by atoms with E-state index in [4.69, 9.17) is 0 Å². The molecule has 0 aromatic rings. The number of rotatable bonds is 4. The van der Waals surface area contributed by atoms with Crippen LogP contribution in [0.15, 0.2) is 0 Å². The summed E-state index contributed by atoms with van der Waals surface area (Å²) in [5.41, 5.74) is 0. The Kier molecular flexibility index (Phi) is 4.57. The predicted octanol–water partition coefficient (Wildman–Crippen LogP) is 3.79. The van der Waals surface area contributed by atoms with Gasteiger partial charge in [0.15, 0.2) is 0 Å². The highest BCUT2D eigenvalue weighted by atomic mass is 16.1. The summed E-state index contributed by atoms with van der Waals surface area (Å²) >= 11 is 0. The minimum Gasteiger partial charge on any atom is -0.300 e. The number of ketones is 1. The van der Waals surface area contributed by atoms with Gasteiger partial charge in [-0.15, -0.1) is 0 Å². The molecular formula is C17H29NO. The molecule has 0 aromatic heterocycles. The zero-order chi connectivity index (χ0) is 13.1. The highest BCUT2D eigenvalue weighted by Gasteiger charge is 2.36. The first-order valence-electron chi connectivity index (χ1n) is 8.61. The largest absolute Gasteiger partial charge is 0.300 e. The number of hydrogen-bond donors (Lipinski definition) is 0. The van der Waals surface area contributed by atoms with E-state index in [0.29, 0.717) is 17.7 Å². The summed E-state index contributed by atoms with van der Waals surface area (Å²) in [6.07, 6.45) is 14.3. The molecule has 2 unspecified atom stereocenters. The van der Waals surface area contributed by atoms with E-state index < -0.39 is 0 Å². The lowest BCUT2D eigenvalue weighted by Crippen LogP contribution is -2.41. The maximum atomic E-state index is 12.2. The Bertz CT molecular complexity index is 308. The first-order chi connectivity index (χ1) is 9.34. The Hall–Kier alpha value is -0.370. The molecule has 0 spiro atoms. The molecule has 108 valence electrons. The van der Waals surface area contributed by atoms with Gasteiger partial charge >= 0.3 is 0 Å². The van der Waals surface area contributed by atoms with E-state index in [0.717, 1.165) is 18.8 Å². The van der Waals surface area contributed by atoms with E-state index in [9.17, 15) is 4.79 Å². The van der Waals surface area contributed by atoms with Crippen molar-refractivity contribution >= 4 is 5.78 Å². The molecule has 0 radical (unpaired) electrons. The summed E-state index contributed by atoms with van der Waals surface area (Å²) in [6.45, 7) is 2.51. The fraction of sp³-hybridized carbons (Fsp3) is 0.941. The summed E-state index contributed by atoms with van der Waals surface area (Å²) in [5.74, 6) is 1.95. The van der Waals surface area contributed by atoms with Crippen LogP contribution in [-0.2, 0) is 4.79 Å². The molecule has 3 aliphatic rings. The molecule has 0 aromatic carbocycles. The van der Waals surface area contributed by atoms with E-state index in [1.54, 1.807) is 0 Å². The molecule has 0 amide bonds. The number of carbonyl (C=O) groups excluding carboxylic acids is 1. The van der Waals surface area contributed by atoms with Crippen molar-refractivity contribution in [2.24, 2.45) is 11.8 Å². The molecular weight excluding hydrogens is 234 g/mol. The average Bonchev–Trinajstić information content (AvgIpc) is 3.08. The summed E-state index contributed by atoms with van der Waals surface area (Å²) in [6, 6.07) is 0.606. The number of carbonyl (C=O) groups is 1. The Morgan fingerprint density at radius 2 is 1.74 bits per heavy atom. The number of Topliss-reactive ketones (excluding diaryl/α,β-unsaturated/α-hetero) is 1. The summed E-state index contributed by atoms with van der Waals surface area (Å²) in [7, 11) is 0. The highest BCUT2D eigenvalue weighted by molar-refractivity contribution is 5.82. The van der Waals surface area contributed by atoms with Crippen molar-refractivity contribution in [3.05, 3.63) is 0 Å². The monoisotopic (exact) mass is 263 g/mol. The third-order valence-electron chi connectivity index (χ3n) is 5.78. The maximum Gasteiger partial charge on any atom is 0.137 e. The smallest absolute Gasteiger partial charge is 0.137 e. The van der Waals surface area contributed by atoms with Crippen LogP contribution in [0.5, 0.6) is 0 Å². The Balaban J connectivity index is 1.53. The molecule has 1 heterocycles. The van der Waals surface area contributed by atoms with Crippen molar-refractivity contribution in [1.29, 1.82) is 0 Å². The molecule has 2 nitrogen and oxygen atoms in total. The lowest BCUT2D eigenvalue weighted by molar-refractivity contribution is -0.126. The normalized spacial score (nSPS) is 34.2. The number of hydrogen-bond acceptors (Lipinski definition) is 2. The molecule has 2 aliphatic carbocycles. The van der Waals surface area contributed by atoms with Gasteiger partial charge in [-0.2, -0.15) is 0 Å². The van der Waals surface area contributed by atoms with Gasteiger partial charge in [0.2, 0.25) is 0 Å². The number of nitrogens with zero attached hydrogens (tertiary/aromatic N) is 1. The minimum atomic E-state index is 0.389. The third kappa shape index (κ3) is 3.21. The van der Waals surface area contributed by atoms with Crippen LogP contribution < -0.4 is 0 Å². The molecule has 19 heavy (non-hydrogen) atoms. The van der Waals surface area contributed by atoms with E-state index in [1.165, 1.54) is 70.9 Å². The van der Waals surface area contributed by atoms with Crippen LogP contribution in [0.2, 0.25) is 0 Å². The van der Waals surface area contributed by atoms with Gasteiger partial charge in [-0.25, -0.2) is 0 Å². The van der Waals surface area contributed by atoms with Gasteiger partial charge in [-0.05, 0) is 51.1 Å². The number of likely N-dealkylation sites (tertiary alicyclic amines) is 1. The molecule has 1 aliphatic heterocycles. The predicted molar refractivity (Wildman–Crippen MR) is 78.1 cm³/mol. The molecule has 2 atom stereocenters. The Morgan fingerprint density at radius 3 is 2.53 bits per heavy atom. The lowest BCUT2D eigenvalue weighted by Gasteiger charge is -2.33. The lowest BCUT2D eigenvalue weighted by atomic mass is 9.81. The van der Waals surface area contributed by atoms with Crippen LogP contribution in [0.3, 0.4) is 0 Å². The Labute approximate surface area is 117 Å². The summed E-state index contributed by atoms with van der Waals surface area (Å²) < 4.78 is 0.